The minimum absolute atomic E-state index is 0.0165. The smallest absolute Gasteiger partial charge is 0.252 e. The standard InChI is InChI=1S/C36H60N4O5/c1-9-36(45,10-2)33(44)38-30(34(3,4)5)32(43)37-27(20-24-16-12-11-13-17-24)29(41)23-40-22-26-19-15-14-18-25(26)21-28(40)31(42)39-35(6,7)8/h11-13,16-17,25-30,41,45H,9-10,14-15,18-23H2,1-8H3,(H,37,43)(H,38,44)(H,39,42)/t25-,26?,27-,28-,29+,30+/m0/s1. The van der Waals surface area contributed by atoms with E-state index in [1.165, 1.54) is 12.8 Å². The first kappa shape index (κ1) is 37.0. The zero-order valence-electron chi connectivity index (χ0n) is 29.0. The molecule has 3 amide bonds. The number of amides is 3. The fraction of sp³-hybridized carbons (Fsp3) is 0.750. The van der Waals surface area contributed by atoms with Crippen molar-refractivity contribution in [3.63, 3.8) is 0 Å². The molecule has 254 valence electrons. The number of hydrogen-bond donors (Lipinski definition) is 5. The number of β-amino-alcohol motifs (C(OH)–C–C–N with tert-alkyl or cyclic N) is 1. The number of hydrogen-bond acceptors (Lipinski definition) is 6. The van der Waals surface area contributed by atoms with Gasteiger partial charge in [0, 0.05) is 18.6 Å². The van der Waals surface area contributed by atoms with E-state index in [1.807, 2.05) is 71.9 Å². The van der Waals surface area contributed by atoms with E-state index in [1.54, 1.807) is 13.8 Å². The van der Waals surface area contributed by atoms with Crippen LogP contribution in [0, 0.1) is 17.3 Å². The summed E-state index contributed by atoms with van der Waals surface area (Å²) in [5, 5.41) is 31.8. The Morgan fingerprint density at radius 1 is 0.933 bits per heavy atom. The molecule has 0 spiro atoms. The van der Waals surface area contributed by atoms with E-state index in [9.17, 15) is 24.6 Å². The average molecular weight is 629 g/mol. The molecule has 1 heterocycles. The average Bonchev–Trinajstić information content (AvgIpc) is 2.97. The molecular formula is C36H60N4O5. The van der Waals surface area contributed by atoms with Crippen LogP contribution in [0.5, 0.6) is 0 Å². The minimum atomic E-state index is -1.57. The molecule has 1 unspecified atom stereocenters. The van der Waals surface area contributed by atoms with Gasteiger partial charge in [0.15, 0.2) is 0 Å². The summed E-state index contributed by atoms with van der Waals surface area (Å²) in [7, 11) is 0. The highest BCUT2D eigenvalue weighted by Crippen LogP contribution is 2.39. The van der Waals surface area contributed by atoms with Crippen molar-refractivity contribution in [1.29, 1.82) is 0 Å². The van der Waals surface area contributed by atoms with Crippen LogP contribution in [0.1, 0.15) is 106 Å². The van der Waals surface area contributed by atoms with Crippen molar-refractivity contribution in [2.24, 2.45) is 17.3 Å². The van der Waals surface area contributed by atoms with Gasteiger partial charge < -0.3 is 26.2 Å². The summed E-state index contributed by atoms with van der Waals surface area (Å²) in [4.78, 5) is 42.8. The molecule has 2 aliphatic rings. The van der Waals surface area contributed by atoms with E-state index in [2.05, 4.69) is 20.9 Å². The number of aliphatic hydroxyl groups is 2. The number of nitrogens with one attached hydrogen (secondary N) is 3. The van der Waals surface area contributed by atoms with Crippen molar-refractivity contribution >= 4 is 17.7 Å². The SMILES string of the molecule is CCC(O)(CC)C(=O)N[C@H](C(=O)N[C@@H](Cc1ccccc1)[C@H](O)CN1CC2CCCC[C@H]2C[C@H]1C(=O)NC(C)(C)C)C(C)(C)C. The first-order chi connectivity index (χ1) is 21.0. The second kappa shape index (κ2) is 15.4. The second-order valence-corrected chi connectivity index (χ2v) is 15.6. The van der Waals surface area contributed by atoms with Gasteiger partial charge in [0.2, 0.25) is 11.8 Å². The van der Waals surface area contributed by atoms with Gasteiger partial charge in [-0.3, -0.25) is 19.3 Å². The van der Waals surface area contributed by atoms with Crippen molar-refractivity contribution in [1.82, 2.24) is 20.9 Å². The largest absolute Gasteiger partial charge is 0.390 e. The highest BCUT2D eigenvalue weighted by Gasteiger charge is 2.43. The summed E-state index contributed by atoms with van der Waals surface area (Å²) < 4.78 is 0. The third kappa shape index (κ3) is 10.2. The maximum atomic E-state index is 13.9. The summed E-state index contributed by atoms with van der Waals surface area (Å²) in [6, 6.07) is 7.74. The van der Waals surface area contributed by atoms with E-state index in [0.29, 0.717) is 18.3 Å². The molecule has 1 saturated heterocycles. The Bertz CT molecular complexity index is 1120. The van der Waals surface area contributed by atoms with Gasteiger partial charge in [-0.2, -0.15) is 0 Å². The van der Waals surface area contributed by atoms with Crippen LogP contribution >= 0.6 is 0 Å². The van der Waals surface area contributed by atoms with Gasteiger partial charge in [0.1, 0.15) is 11.6 Å². The first-order valence-corrected chi connectivity index (χ1v) is 17.1. The molecule has 1 saturated carbocycles. The van der Waals surface area contributed by atoms with Crippen LogP contribution in [0.4, 0.5) is 0 Å². The van der Waals surface area contributed by atoms with E-state index < -0.39 is 41.0 Å². The Morgan fingerprint density at radius 2 is 1.53 bits per heavy atom. The number of fused-ring (bicyclic) bond motifs is 1. The number of aliphatic hydroxyl groups excluding tert-OH is 1. The topological polar surface area (TPSA) is 131 Å². The summed E-state index contributed by atoms with van der Waals surface area (Å²) in [5.74, 6) is -0.0201. The van der Waals surface area contributed by atoms with Crippen LogP contribution in [0.25, 0.3) is 0 Å². The van der Waals surface area contributed by atoms with E-state index in [0.717, 1.165) is 31.4 Å². The van der Waals surface area contributed by atoms with Crippen LogP contribution < -0.4 is 16.0 Å². The molecule has 1 aromatic carbocycles. The summed E-state index contributed by atoms with van der Waals surface area (Å²) in [6.07, 6.45) is 5.28. The van der Waals surface area contributed by atoms with Crippen molar-refractivity contribution in [3.8, 4) is 0 Å². The predicted molar refractivity (Wildman–Crippen MR) is 178 cm³/mol. The molecule has 0 aromatic heterocycles. The van der Waals surface area contributed by atoms with Crippen molar-refractivity contribution in [3.05, 3.63) is 35.9 Å². The quantitative estimate of drug-likeness (QED) is 0.238. The van der Waals surface area contributed by atoms with Gasteiger partial charge in [0.05, 0.1) is 18.2 Å². The van der Waals surface area contributed by atoms with Crippen LogP contribution in [0.3, 0.4) is 0 Å². The summed E-state index contributed by atoms with van der Waals surface area (Å²) in [6.45, 7) is 16.0. The molecule has 3 rings (SSSR count). The highest BCUT2D eigenvalue weighted by atomic mass is 16.3. The fourth-order valence-electron chi connectivity index (χ4n) is 6.92. The summed E-state index contributed by atoms with van der Waals surface area (Å²) >= 11 is 0. The van der Waals surface area contributed by atoms with Crippen molar-refractivity contribution < 1.29 is 24.6 Å². The molecule has 9 nitrogen and oxygen atoms in total. The number of carbonyl (C=O) groups is 3. The normalized spacial score (nSPS) is 23.3. The second-order valence-electron chi connectivity index (χ2n) is 15.6. The van der Waals surface area contributed by atoms with E-state index in [-0.39, 0.29) is 36.9 Å². The maximum absolute atomic E-state index is 13.9. The van der Waals surface area contributed by atoms with Gasteiger partial charge in [-0.05, 0) is 75.7 Å². The number of benzene rings is 1. The van der Waals surface area contributed by atoms with Crippen molar-refractivity contribution in [2.45, 2.75) is 142 Å². The minimum Gasteiger partial charge on any atom is -0.390 e. The lowest BCUT2D eigenvalue weighted by Crippen LogP contribution is -2.62. The molecule has 6 atom stereocenters. The molecule has 0 radical (unpaired) electrons. The van der Waals surface area contributed by atoms with Gasteiger partial charge in [-0.25, -0.2) is 0 Å². The zero-order chi connectivity index (χ0) is 33.6. The number of nitrogens with zero attached hydrogens (tertiary/aromatic N) is 1. The van der Waals surface area contributed by atoms with Crippen molar-refractivity contribution in [2.75, 3.05) is 13.1 Å². The Balaban J connectivity index is 1.87. The molecule has 0 bridgehead atoms. The third-order valence-corrected chi connectivity index (χ3v) is 9.81. The summed E-state index contributed by atoms with van der Waals surface area (Å²) in [5.41, 5.74) is -1.65. The number of carbonyl (C=O) groups excluding carboxylic acids is 3. The van der Waals surface area contributed by atoms with Gasteiger partial charge in [0.25, 0.3) is 5.91 Å². The van der Waals surface area contributed by atoms with Crippen LogP contribution in [-0.4, -0.2) is 81.3 Å². The molecule has 5 N–H and O–H groups in total. The van der Waals surface area contributed by atoms with Crippen LogP contribution in [0.2, 0.25) is 0 Å². The number of piperidine rings is 1. The third-order valence-electron chi connectivity index (χ3n) is 9.81. The van der Waals surface area contributed by atoms with E-state index in [4.69, 9.17) is 0 Å². The van der Waals surface area contributed by atoms with E-state index >= 15 is 0 Å². The Hall–Kier alpha value is -2.49. The molecule has 2 fully saturated rings. The molecule has 1 aliphatic carbocycles. The molecule has 9 heteroatoms. The van der Waals surface area contributed by atoms with Crippen LogP contribution in [0.15, 0.2) is 30.3 Å². The van der Waals surface area contributed by atoms with Gasteiger partial charge >= 0.3 is 0 Å². The molecule has 1 aromatic rings. The molecule has 45 heavy (non-hydrogen) atoms. The van der Waals surface area contributed by atoms with Gasteiger partial charge in [-0.15, -0.1) is 0 Å². The Labute approximate surface area is 271 Å². The monoisotopic (exact) mass is 628 g/mol. The predicted octanol–water partition coefficient (Wildman–Crippen LogP) is 3.95. The lowest BCUT2D eigenvalue weighted by atomic mass is 9.72. The lowest BCUT2D eigenvalue weighted by Gasteiger charge is -2.47. The number of rotatable bonds is 12. The molecular weight excluding hydrogens is 568 g/mol. The lowest BCUT2D eigenvalue weighted by molar-refractivity contribution is -0.145. The first-order valence-electron chi connectivity index (χ1n) is 17.1. The van der Waals surface area contributed by atoms with Crippen LogP contribution in [-0.2, 0) is 20.8 Å². The molecule has 1 aliphatic heterocycles. The number of likely N-dealkylation sites (tertiary alicyclic amines) is 1. The Morgan fingerprint density at radius 3 is 2.09 bits per heavy atom. The Kier molecular flexibility index (Phi) is 12.7. The van der Waals surface area contributed by atoms with Gasteiger partial charge in [-0.1, -0.05) is 84.2 Å². The highest BCUT2D eigenvalue weighted by molar-refractivity contribution is 5.92. The zero-order valence-corrected chi connectivity index (χ0v) is 29.0. The maximum Gasteiger partial charge on any atom is 0.252 e. The fourth-order valence-corrected chi connectivity index (χ4v) is 6.92.